The van der Waals surface area contributed by atoms with Crippen LogP contribution >= 0.6 is 11.8 Å². The van der Waals surface area contributed by atoms with Crippen LogP contribution in [0.2, 0.25) is 0 Å². The van der Waals surface area contributed by atoms with E-state index in [1.54, 1.807) is 4.68 Å². The van der Waals surface area contributed by atoms with Gasteiger partial charge in [0, 0.05) is 13.0 Å². The average molecular weight is 283 g/mol. The van der Waals surface area contributed by atoms with Crippen molar-refractivity contribution < 1.29 is 4.52 Å². The smallest absolute Gasteiger partial charge is 0.237 e. The standard InChI is InChI=1S/C10H17N7OS/c1-2-3-4-8-12-9(18-14-8)7-19-10-13-15-16-17(10)6-5-11/h2-7,11H2,1H3. The van der Waals surface area contributed by atoms with Crippen molar-refractivity contribution in [2.75, 3.05) is 6.54 Å². The van der Waals surface area contributed by atoms with Gasteiger partial charge in [0.2, 0.25) is 11.0 Å². The summed E-state index contributed by atoms with van der Waals surface area (Å²) in [5, 5.41) is 16.0. The SMILES string of the molecule is CCCCc1noc(CSc2nnnn2CCN)n1. The fourth-order valence-corrected chi connectivity index (χ4v) is 2.21. The summed E-state index contributed by atoms with van der Waals surface area (Å²) < 4.78 is 6.84. The summed E-state index contributed by atoms with van der Waals surface area (Å²) in [7, 11) is 0. The normalized spacial score (nSPS) is 11.1. The lowest BCUT2D eigenvalue weighted by atomic mass is 10.2. The van der Waals surface area contributed by atoms with E-state index in [0.717, 1.165) is 25.1 Å². The van der Waals surface area contributed by atoms with E-state index in [2.05, 4.69) is 32.6 Å². The molecule has 0 radical (unpaired) electrons. The molecule has 0 saturated carbocycles. The van der Waals surface area contributed by atoms with Gasteiger partial charge in [0.05, 0.1) is 12.3 Å². The Kier molecular flexibility index (Phi) is 5.28. The molecule has 2 aromatic heterocycles. The largest absolute Gasteiger partial charge is 0.338 e. The first kappa shape index (κ1) is 13.9. The van der Waals surface area contributed by atoms with Crippen LogP contribution in [-0.2, 0) is 18.7 Å². The van der Waals surface area contributed by atoms with E-state index in [1.807, 2.05) is 0 Å². The lowest BCUT2D eigenvalue weighted by Gasteiger charge is -1.99. The third kappa shape index (κ3) is 4.00. The molecule has 2 aromatic rings. The first-order chi connectivity index (χ1) is 9.33. The molecular formula is C10H17N7OS. The Hall–Kier alpha value is -1.48. The highest BCUT2D eigenvalue weighted by Gasteiger charge is 2.10. The number of tetrazole rings is 1. The van der Waals surface area contributed by atoms with Gasteiger partial charge in [0.15, 0.2) is 5.82 Å². The van der Waals surface area contributed by atoms with E-state index in [1.165, 1.54) is 11.8 Å². The van der Waals surface area contributed by atoms with Crippen molar-refractivity contribution in [1.29, 1.82) is 0 Å². The molecule has 0 aliphatic rings. The van der Waals surface area contributed by atoms with Gasteiger partial charge in [-0.25, -0.2) is 4.68 Å². The maximum absolute atomic E-state index is 5.48. The van der Waals surface area contributed by atoms with Gasteiger partial charge >= 0.3 is 0 Å². The lowest BCUT2D eigenvalue weighted by molar-refractivity contribution is 0.384. The van der Waals surface area contributed by atoms with Crippen LogP contribution in [0, 0.1) is 0 Å². The maximum Gasteiger partial charge on any atom is 0.237 e. The minimum atomic E-state index is 0.500. The molecule has 0 aliphatic heterocycles. The molecule has 0 spiro atoms. The molecule has 8 nitrogen and oxygen atoms in total. The molecule has 0 aromatic carbocycles. The summed E-state index contributed by atoms with van der Waals surface area (Å²) >= 11 is 1.46. The number of nitrogens with zero attached hydrogens (tertiary/aromatic N) is 6. The molecule has 2 N–H and O–H groups in total. The number of rotatable bonds is 8. The highest BCUT2D eigenvalue weighted by Crippen LogP contribution is 2.18. The molecular weight excluding hydrogens is 266 g/mol. The predicted molar refractivity (Wildman–Crippen MR) is 69.3 cm³/mol. The number of aryl methyl sites for hydroxylation is 1. The Labute approximate surface area is 115 Å². The summed E-state index contributed by atoms with van der Waals surface area (Å²) in [5.74, 6) is 1.92. The number of thioether (sulfide) groups is 1. The van der Waals surface area contributed by atoms with Gasteiger partial charge in [-0.3, -0.25) is 0 Å². The van der Waals surface area contributed by atoms with E-state index in [9.17, 15) is 0 Å². The van der Waals surface area contributed by atoms with Crippen molar-refractivity contribution in [1.82, 2.24) is 30.3 Å². The topological polar surface area (TPSA) is 109 Å². The van der Waals surface area contributed by atoms with Gasteiger partial charge in [-0.15, -0.1) is 5.10 Å². The Balaban J connectivity index is 1.87. The number of hydrogen-bond acceptors (Lipinski definition) is 8. The molecule has 0 unspecified atom stereocenters. The van der Waals surface area contributed by atoms with Crippen LogP contribution < -0.4 is 5.73 Å². The summed E-state index contributed by atoms with van der Waals surface area (Å²) in [6.45, 7) is 3.23. The minimum Gasteiger partial charge on any atom is -0.338 e. The third-order valence-corrected chi connectivity index (χ3v) is 3.37. The average Bonchev–Trinajstić information content (AvgIpc) is 3.03. The monoisotopic (exact) mass is 283 g/mol. The Bertz CT molecular complexity index is 498. The van der Waals surface area contributed by atoms with Gasteiger partial charge in [-0.2, -0.15) is 4.98 Å². The highest BCUT2D eigenvalue weighted by atomic mass is 32.2. The molecule has 2 heterocycles. The van der Waals surface area contributed by atoms with Gasteiger partial charge in [-0.05, 0) is 16.8 Å². The van der Waals surface area contributed by atoms with Crippen LogP contribution in [0.15, 0.2) is 9.68 Å². The number of nitrogens with two attached hydrogens (primary N) is 1. The first-order valence-corrected chi connectivity index (χ1v) is 7.22. The third-order valence-electron chi connectivity index (χ3n) is 2.43. The number of hydrogen-bond donors (Lipinski definition) is 1. The van der Waals surface area contributed by atoms with E-state index in [0.29, 0.717) is 29.9 Å². The predicted octanol–water partition coefficient (Wildman–Crippen LogP) is 0.650. The maximum atomic E-state index is 5.48. The molecule has 0 aliphatic carbocycles. The summed E-state index contributed by atoms with van der Waals surface area (Å²) in [4.78, 5) is 4.32. The highest BCUT2D eigenvalue weighted by molar-refractivity contribution is 7.98. The van der Waals surface area contributed by atoms with Gasteiger partial charge in [-0.1, -0.05) is 30.3 Å². The number of aromatic nitrogens is 6. The van der Waals surface area contributed by atoms with Crippen LogP contribution in [0.25, 0.3) is 0 Å². The zero-order valence-electron chi connectivity index (χ0n) is 10.8. The summed E-state index contributed by atoms with van der Waals surface area (Å²) in [5.41, 5.74) is 5.48. The zero-order valence-corrected chi connectivity index (χ0v) is 11.6. The van der Waals surface area contributed by atoms with Crippen molar-refractivity contribution in [3.8, 4) is 0 Å². The van der Waals surface area contributed by atoms with E-state index in [4.69, 9.17) is 10.3 Å². The molecule has 0 saturated heterocycles. The van der Waals surface area contributed by atoms with Crippen LogP contribution in [-0.4, -0.2) is 36.9 Å². The van der Waals surface area contributed by atoms with Crippen molar-refractivity contribution in [2.24, 2.45) is 5.73 Å². The van der Waals surface area contributed by atoms with Gasteiger partial charge < -0.3 is 10.3 Å². The van der Waals surface area contributed by atoms with Crippen LogP contribution in [0.1, 0.15) is 31.5 Å². The van der Waals surface area contributed by atoms with Crippen LogP contribution in [0.3, 0.4) is 0 Å². The molecule has 19 heavy (non-hydrogen) atoms. The molecule has 0 fully saturated rings. The van der Waals surface area contributed by atoms with Crippen molar-refractivity contribution in [2.45, 2.75) is 43.6 Å². The van der Waals surface area contributed by atoms with Crippen molar-refractivity contribution in [3.63, 3.8) is 0 Å². The Morgan fingerprint density at radius 1 is 1.42 bits per heavy atom. The molecule has 9 heteroatoms. The summed E-state index contributed by atoms with van der Waals surface area (Å²) in [6, 6.07) is 0. The second kappa shape index (κ2) is 7.19. The molecule has 0 atom stereocenters. The summed E-state index contributed by atoms with van der Waals surface area (Å²) in [6.07, 6.45) is 3.04. The fourth-order valence-electron chi connectivity index (χ4n) is 1.47. The van der Waals surface area contributed by atoms with E-state index >= 15 is 0 Å². The second-order valence-electron chi connectivity index (χ2n) is 3.97. The Morgan fingerprint density at radius 3 is 3.11 bits per heavy atom. The van der Waals surface area contributed by atoms with Crippen LogP contribution in [0.5, 0.6) is 0 Å². The quantitative estimate of drug-likeness (QED) is 0.703. The van der Waals surface area contributed by atoms with E-state index in [-0.39, 0.29) is 0 Å². The minimum absolute atomic E-state index is 0.500. The fraction of sp³-hybridized carbons (Fsp3) is 0.700. The first-order valence-electron chi connectivity index (χ1n) is 6.24. The van der Waals surface area contributed by atoms with Gasteiger partial charge in [0.25, 0.3) is 0 Å². The number of unbranched alkanes of at least 4 members (excludes halogenated alkanes) is 1. The molecule has 2 rings (SSSR count). The Morgan fingerprint density at radius 2 is 2.32 bits per heavy atom. The second-order valence-corrected chi connectivity index (χ2v) is 4.91. The van der Waals surface area contributed by atoms with Gasteiger partial charge in [0.1, 0.15) is 0 Å². The molecule has 0 bridgehead atoms. The molecule has 0 amide bonds. The van der Waals surface area contributed by atoms with Crippen molar-refractivity contribution >= 4 is 11.8 Å². The zero-order chi connectivity index (χ0) is 13.5. The molecule has 104 valence electrons. The van der Waals surface area contributed by atoms with Crippen LogP contribution in [0.4, 0.5) is 0 Å². The van der Waals surface area contributed by atoms with E-state index < -0.39 is 0 Å². The van der Waals surface area contributed by atoms with Crippen molar-refractivity contribution in [3.05, 3.63) is 11.7 Å². The lowest BCUT2D eigenvalue weighted by Crippen LogP contribution is -2.12.